The third kappa shape index (κ3) is 6.02. The van der Waals surface area contributed by atoms with Crippen molar-refractivity contribution < 1.29 is 19.0 Å². The number of carbonyl (C=O) groups excluding carboxylic acids is 1. The number of nitro benzene ring substituents is 1. The number of piperidine rings is 1. The molecule has 0 radical (unpaired) electrons. The standard InChI is InChI=1S/C32H26ClN7O5S/c33-30-4-3-29(46-30)28-19-22(36-45-28)20-38-27-2-1-26(40(42)43)17-21(27)18-31(38)44-32(41)39(24-7-13-35-14-8-24)25-9-15-37(16-10-25)23-5-11-34-12-6-23/h1-8,11-14,17-19,25H,9-10,15-16,20H2. The Morgan fingerprint density at radius 1 is 1.02 bits per heavy atom. The summed E-state index contributed by atoms with van der Waals surface area (Å²) in [6.45, 7) is 1.68. The van der Waals surface area contributed by atoms with Crippen LogP contribution in [0.5, 0.6) is 5.88 Å². The van der Waals surface area contributed by atoms with Crippen LogP contribution >= 0.6 is 22.9 Å². The minimum atomic E-state index is -0.568. The van der Waals surface area contributed by atoms with Crippen LogP contribution in [-0.4, -0.2) is 49.8 Å². The van der Waals surface area contributed by atoms with Gasteiger partial charge in [-0.05, 0) is 55.3 Å². The third-order valence-electron chi connectivity index (χ3n) is 7.94. The maximum absolute atomic E-state index is 14.1. The molecule has 1 aliphatic rings. The van der Waals surface area contributed by atoms with Gasteiger partial charge >= 0.3 is 6.09 Å². The largest absolute Gasteiger partial charge is 0.421 e. The first-order chi connectivity index (χ1) is 22.4. The maximum atomic E-state index is 14.1. The molecule has 1 amide bonds. The topological polar surface area (TPSA) is 133 Å². The molecule has 14 heteroatoms. The van der Waals surface area contributed by atoms with Gasteiger partial charge in [-0.15, -0.1) is 11.3 Å². The Balaban J connectivity index is 1.19. The second kappa shape index (κ2) is 12.6. The van der Waals surface area contributed by atoms with Gasteiger partial charge in [0.2, 0.25) is 5.88 Å². The van der Waals surface area contributed by atoms with Crippen molar-refractivity contribution in [2.75, 3.05) is 22.9 Å². The molecular weight excluding hydrogens is 630 g/mol. The zero-order valence-electron chi connectivity index (χ0n) is 24.2. The van der Waals surface area contributed by atoms with Crippen molar-refractivity contribution in [3.8, 4) is 16.5 Å². The lowest BCUT2D eigenvalue weighted by atomic mass is 10.0. The molecule has 1 aliphatic heterocycles. The molecule has 7 rings (SSSR count). The van der Waals surface area contributed by atoms with Gasteiger partial charge in [-0.2, -0.15) is 0 Å². The second-order valence-electron chi connectivity index (χ2n) is 10.7. The summed E-state index contributed by atoms with van der Waals surface area (Å²) < 4.78 is 14.1. The van der Waals surface area contributed by atoms with Crippen LogP contribution in [-0.2, 0) is 6.54 Å². The first kappa shape index (κ1) is 29.4. The number of hydrogen-bond donors (Lipinski definition) is 0. The quantitative estimate of drug-likeness (QED) is 0.121. The van der Waals surface area contributed by atoms with Gasteiger partial charge in [-0.25, -0.2) is 4.79 Å². The molecule has 1 aromatic carbocycles. The SMILES string of the molecule is O=C(Oc1cc2cc([N+](=O)[O-])ccc2n1Cc1cc(-c2ccc(Cl)s2)on1)N(c1ccncc1)C1CCN(c2ccncc2)CC1. The highest BCUT2D eigenvalue weighted by Crippen LogP contribution is 2.34. The predicted molar refractivity (Wildman–Crippen MR) is 175 cm³/mol. The van der Waals surface area contributed by atoms with E-state index in [-0.39, 0.29) is 24.2 Å². The van der Waals surface area contributed by atoms with E-state index < -0.39 is 11.0 Å². The fraction of sp³-hybridized carbons (Fsp3) is 0.188. The van der Waals surface area contributed by atoms with Crippen molar-refractivity contribution >= 4 is 57.0 Å². The van der Waals surface area contributed by atoms with Gasteiger partial charge in [0, 0.05) is 79.3 Å². The van der Waals surface area contributed by atoms with E-state index >= 15 is 0 Å². The number of carbonyl (C=O) groups is 1. The van der Waals surface area contributed by atoms with Gasteiger partial charge in [0.15, 0.2) is 5.76 Å². The van der Waals surface area contributed by atoms with Crippen LogP contribution in [0, 0.1) is 10.1 Å². The normalized spacial score (nSPS) is 13.6. The van der Waals surface area contributed by atoms with Crippen LogP contribution < -0.4 is 14.5 Å². The minimum Gasteiger partial charge on any atom is -0.393 e. The smallest absolute Gasteiger partial charge is 0.393 e. The number of nitro groups is 1. The number of amides is 1. The summed E-state index contributed by atoms with van der Waals surface area (Å²) in [6, 6.07) is 19.0. The predicted octanol–water partition coefficient (Wildman–Crippen LogP) is 7.43. The van der Waals surface area contributed by atoms with Gasteiger partial charge in [-0.1, -0.05) is 16.8 Å². The molecule has 5 aromatic heterocycles. The molecule has 0 atom stereocenters. The summed E-state index contributed by atoms with van der Waals surface area (Å²) in [5.74, 6) is 0.775. The molecule has 0 spiro atoms. The fourth-order valence-electron chi connectivity index (χ4n) is 5.75. The first-order valence-electron chi connectivity index (χ1n) is 14.5. The zero-order valence-corrected chi connectivity index (χ0v) is 25.8. The number of ether oxygens (including phenoxy) is 1. The summed E-state index contributed by atoms with van der Waals surface area (Å²) in [4.78, 5) is 38.2. The molecule has 6 aromatic rings. The number of aromatic nitrogens is 4. The van der Waals surface area contributed by atoms with Gasteiger partial charge in [0.1, 0.15) is 5.69 Å². The van der Waals surface area contributed by atoms with Gasteiger partial charge < -0.3 is 18.7 Å². The number of hydrogen-bond acceptors (Lipinski definition) is 10. The number of anilines is 2. The number of fused-ring (bicyclic) bond motifs is 1. The van der Waals surface area contributed by atoms with E-state index in [1.165, 1.54) is 23.5 Å². The lowest BCUT2D eigenvalue weighted by Gasteiger charge is -2.38. The van der Waals surface area contributed by atoms with Crippen LogP contribution in [0.3, 0.4) is 0 Å². The molecule has 12 nitrogen and oxygen atoms in total. The van der Waals surface area contributed by atoms with E-state index in [0.717, 1.165) is 23.7 Å². The molecule has 0 unspecified atom stereocenters. The van der Waals surface area contributed by atoms with Crippen LogP contribution in [0.15, 0.2) is 96.0 Å². The van der Waals surface area contributed by atoms with Crippen molar-refractivity contribution in [2.24, 2.45) is 0 Å². The Hall–Kier alpha value is -5.27. The Morgan fingerprint density at radius 3 is 2.46 bits per heavy atom. The zero-order chi connectivity index (χ0) is 31.6. The number of nitrogens with zero attached hydrogens (tertiary/aromatic N) is 7. The average Bonchev–Trinajstić information content (AvgIpc) is 3.81. The number of non-ortho nitro benzene ring substituents is 1. The number of pyridine rings is 2. The van der Waals surface area contributed by atoms with Crippen LogP contribution in [0.4, 0.5) is 21.9 Å². The highest BCUT2D eigenvalue weighted by Gasteiger charge is 2.32. The Morgan fingerprint density at radius 2 is 1.76 bits per heavy atom. The molecule has 232 valence electrons. The number of halogens is 1. The Kier molecular flexibility index (Phi) is 8.07. The summed E-state index contributed by atoms with van der Waals surface area (Å²) in [7, 11) is 0. The van der Waals surface area contributed by atoms with E-state index in [4.69, 9.17) is 20.9 Å². The van der Waals surface area contributed by atoms with Crippen LogP contribution in [0.2, 0.25) is 4.34 Å². The average molecular weight is 656 g/mol. The van der Waals surface area contributed by atoms with Crippen LogP contribution in [0.1, 0.15) is 18.5 Å². The van der Waals surface area contributed by atoms with Crippen molar-refractivity contribution in [1.29, 1.82) is 0 Å². The van der Waals surface area contributed by atoms with Crippen molar-refractivity contribution in [3.05, 3.63) is 112 Å². The maximum Gasteiger partial charge on any atom is 0.421 e. The molecule has 0 aliphatic carbocycles. The Bertz CT molecular complexity index is 2010. The number of benzene rings is 1. The first-order valence-corrected chi connectivity index (χ1v) is 15.7. The van der Waals surface area contributed by atoms with E-state index in [1.807, 2.05) is 18.2 Å². The van der Waals surface area contributed by atoms with Crippen molar-refractivity contribution in [1.82, 2.24) is 19.7 Å². The van der Waals surface area contributed by atoms with E-state index in [0.29, 0.717) is 45.2 Å². The van der Waals surface area contributed by atoms with E-state index in [9.17, 15) is 14.9 Å². The molecule has 0 bridgehead atoms. The number of rotatable bonds is 8. The monoisotopic (exact) mass is 655 g/mol. The Labute approximate surface area is 271 Å². The second-order valence-corrected chi connectivity index (χ2v) is 12.4. The van der Waals surface area contributed by atoms with Crippen molar-refractivity contribution in [2.45, 2.75) is 25.4 Å². The van der Waals surface area contributed by atoms with Gasteiger partial charge in [-0.3, -0.25) is 25.0 Å². The summed E-state index contributed by atoms with van der Waals surface area (Å²) in [5, 5.41) is 16.3. The molecule has 0 N–H and O–H groups in total. The minimum absolute atomic E-state index is 0.0693. The van der Waals surface area contributed by atoms with Gasteiger partial charge in [0.25, 0.3) is 5.69 Å². The van der Waals surface area contributed by atoms with Gasteiger partial charge in [0.05, 0.1) is 31.9 Å². The molecule has 6 heterocycles. The lowest BCUT2D eigenvalue weighted by Crippen LogP contribution is -2.49. The third-order valence-corrected chi connectivity index (χ3v) is 9.19. The lowest BCUT2D eigenvalue weighted by molar-refractivity contribution is -0.384. The highest BCUT2D eigenvalue weighted by atomic mass is 35.5. The highest BCUT2D eigenvalue weighted by molar-refractivity contribution is 7.19. The molecule has 0 saturated carbocycles. The molecule has 1 fully saturated rings. The molecule has 1 saturated heterocycles. The molecular formula is C32H26ClN7O5S. The molecule has 46 heavy (non-hydrogen) atoms. The summed E-state index contributed by atoms with van der Waals surface area (Å²) >= 11 is 7.48. The van der Waals surface area contributed by atoms with E-state index in [1.54, 1.807) is 70.7 Å². The van der Waals surface area contributed by atoms with Crippen LogP contribution in [0.25, 0.3) is 21.5 Å². The van der Waals surface area contributed by atoms with E-state index in [2.05, 4.69) is 20.0 Å². The fourth-order valence-corrected chi connectivity index (χ4v) is 6.74. The summed E-state index contributed by atoms with van der Waals surface area (Å²) in [6.07, 6.45) is 7.68. The summed E-state index contributed by atoms with van der Waals surface area (Å²) in [5.41, 5.74) is 2.89. The number of thiophene rings is 1. The van der Waals surface area contributed by atoms with Crippen molar-refractivity contribution in [3.63, 3.8) is 0 Å².